The highest BCUT2D eigenvalue weighted by molar-refractivity contribution is 6.01. The fourth-order valence-electron chi connectivity index (χ4n) is 5.92. The van der Waals surface area contributed by atoms with E-state index in [1.807, 2.05) is 6.92 Å². The number of Topliss-reactive ketones (excluding diaryl/α,β-unsaturated/α-hetero) is 1. The second-order valence-electron chi connectivity index (χ2n) is 7.06. The van der Waals surface area contributed by atoms with Crippen LogP contribution >= 0.6 is 0 Å². The van der Waals surface area contributed by atoms with E-state index in [9.17, 15) is 15.0 Å². The van der Waals surface area contributed by atoms with Crippen molar-refractivity contribution in [3.63, 3.8) is 0 Å². The molecule has 2 bridgehead atoms. The Labute approximate surface area is 116 Å². The average Bonchev–Trinajstić information content (AvgIpc) is 3.20. The molecule has 2 saturated carbocycles. The Morgan fingerprint density at radius 2 is 2.10 bits per heavy atom. The minimum absolute atomic E-state index is 0.0271. The van der Waals surface area contributed by atoms with Gasteiger partial charge in [0.1, 0.15) is 11.7 Å². The van der Waals surface area contributed by atoms with Crippen LogP contribution in [0.4, 0.5) is 0 Å². The van der Waals surface area contributed by atoms with Gasteiger partial charge < -0.3 is 19.7 Å². The first kappa shape index (κ1) is 11.9. The lowest BCUT2D eigenvalue weighted by Gasteiger charge is -2.42. The number of aliphatic hydroxyl groups is 2. The molecule has 0 aromatic carbocycles. The standard InChI is InChI=1S/C15H18O5/c1-6-5-9-14(11(17)10(6)16)12(18)13(14)4-3-8(19-9)15(13)7(2)20-15/h5,7-9,11-12,17-18H,3-4H2,1-2H3/t7-,8-,9-,11?,12?,13+,14?,15+/m1/s1. The molecule has 0 aromatic rings. The highest BCUT2D eigenvalue weighted by Gasteiger charge is 2.98. The van der Waals surface area contributed by atoms with Crippen molar-refractivity contribution in [3.05, 3.63) is 11.6 Å². The average molecular weight is 278 g/mol. The maximum Gasteiger partial charge on any atom is 0.187 e. The summed E-state index contributed by atoms with van der Waals surface area (Å²) in [5.74, 6) is -0.283. The second-order valence-corrected chi connectivity index (χ2v) is 7.06. The van der Waals surface area contributed by atoms with E-state index in [2.05, 4.69) is 0 Å². The van der Waals surface area contributed by atoms with Crippen molar-refractivity contribution in [3.8, 4) is 0 Å². The van der Waals surface area contributed by atoms with E-state index in [4.69, 9.17) is 9.47 Å². The van der Waals surface area contributed by atoms with Crippen molar-refractivity contribution >= 4 is 5.78 Å². The summed E-state index contributed by atoms with van der Waals surface area (Å²) < 4.78 is 12.0. The molecular weight excluding hydrogens is 260 g/mol. The number of hydrogen-bond acceptors (Lipinski definition) is 5. The quantitative estimate of drug-likeness (QED) is 0.607. The van der Waals surface area contributed by atoms with Crippen LogP contribution in [0.3, 0.4) is 0 Å². The van der Waals surface area contributed by atoms with E-state index in [1.54, 1.807) is 13.0 Å². The lowest BCUT2D eigenvalue weighted by molar-refractivity contribution is -0.157. The van der Waals surface area contributed by atoms with Crippen molar-refractivity contribution in [1.29, 1.82) is 0 Å². The highest BCUT2D eigenvalue weighted by atomic mass is 16.7. The lowest BCUT2D eigenvalue weighted by atomic mass is 9.69. The van der Waals surface area contributed by atoms with Gasteiger partial charge in [-0.05, 0) is 38.3 Å². The van der Waals surface area contributed by atoms with Gasteiger partial charge >= 0.3 is 0 Å². The van der Waals surface area contributed by atoms with Gasteiger partial charge in [-0.3, -0.25) is 4.79 Å². The SMILES string of the molecule is CC1=C[C@H]2O[C@@H]3CC[C@@]4(C(O)C24C(O)C1=O)[C@@]31O[C@@H]1C. The van der Waals surface area contributed by atoms with E-state index in [1.165, 1.54) is 0 Å². The zero-order valence-corrected chi connectivity index (χ0v) is 11.5. The molecule has 0 amide bonds. The number of ketones is 1. The van der Waals surface area contributed by atoms with Crippen LogP contribution in [0.25, 0.3) is 0 Å². The van der Waals surface area contributed by atoms with Crippen LogP contribution in [-0.4, -0.2) is 52.1 Å². The van der Waals surface area contributed by atoms with Crippen LogP contribution in [0, 0.1) is 10.8 Å². The van der Waals surface area contributed by atoms with Gasteiger partial charge in [-0.2, -0.15) is 0 Å². The molecule has 2 saturated heterocycles. The molecule has 2 N–H and O–H groups in total. The summed E-state index contributed by atoms with van der Waals surface area (Å²) in [6, 6.07) is 0. The molecule has 108 valence electrons. The van der Waals surface area contributed by atoms with Gasteiger partial charge in [-0.15, -0.1) is 0 Å². The van der Waals surface area contributed by atoms with Crippen LogP contribution in [0.2, 0.25) is 0 Å². The van der Waals surface area contributed by atoms with Crippen molar-refractivity contribution in [2.24, 2.45) is 10.8 Å². The Morgan fingerprint density at radius 3 is 2.75 bits per heavy atom. The van der Waals surface area contributed by atoms with E-state index >= 15 is 0 Å². The first-order valence-corrected chi connectivity index (χ1v) is 7.36. The smallest absolute Gasteiger partial charge is 0.187 e. The van der Waals surface area contributed by atoms with Crippen molar-refractivity contribution in [1.82, 2.24) is 0 Å². The second kappa shape index (κ2) is 2.90. The fourth-order valence-corrected chi connectivity index (χ4v) is 5.92. The Kier molecular flexibility index (Phi) is 1.72. The first-order valence-electron chi connectivity index (χ1n) is 7.36. The maximum atomic E-state index is 12.2. The predicted molar refractivity (Wildman–Crippen MR) is 66.8 cm³/mol. The fraction of sp³-hybridized carbons (Fsp3) is 0.800. The van der Waals surface area contributed by atoms with E-state index in [-0.39, 0.29) is 24.1 Å². The van der Waals surface area contributed by atoms with Crippen molar-refractivity contribution in [2.45, 2.75) is 62.8 Å². The summed E-state index contributed by atoms with van der Waals surface area (Å²) in [7, 11) is 0. The molecule has 5 aliphatic rings. The Balaban J connectivity index is 1.74. The number of carbonyl (C=O) groups excluding carboxylic acids is 1. The van der Waals surface area contributed by atoms with Crippen LogP contribution in [0.15, 0.2) is 11.6 Å². The van der Waals surface area contributed by atoms with Crippen LogP contribution in [0.5, 0.6) is 0 Å². The number of epoxide rings is 1. The zero-order chi connectivity index (χ0) is 14.1. The summed E-state index contributed by atoms with van der Waals surface area (Å²) in [5, 5.41) is 21.3. The number of ether oxygens (including phenoxy) is 2. The first-order chi connectivity index (χ1) is 9.44. The minimum Gasteiger partial charge on any atom is -0.392 e. The number of carbonyl (C=O) groups is 1. The Hall–Kier alpha value is -0.750. The number of rotatable bonds is 0. The van der Waals surface area contributed by atoms with Gasteiger partial charge in [0.25, 0.3) is 0 Å². The van der Waals surface area contributed by atoms with E-state index in [0.29, 0.717) is 5.57 Å². The van der Waals surface area contributed by atoms with Gasteiger partial charge in [0.05, 0.1) is 29.8 Å². The molecule has 3 aliphatic carbocycles. The summed E-state index contributed by atoms with van der Waals surface area (Å²) in [4.78, 5) is 12.2. The molecule has 5 rings (SSSR count). The molecule has 0 aromatic heterocycles. The topological polar surface area (TPSA) is 79.3 Å². The molecular formula is C15H18O5. The lowest BCUT2D eigenvalue weighted by Crippen LogP contribution is -2.56. The molecule has 5 nitrogen and oxygen atoms in total. The molecule has 3 unspecified atom stereocenters. The van der Waals surface area contributed by atoms with Gasteiger partial charge in [-0.25, -0.2) is 0 Å². The maximum absolute atomic E-state index is 12.2. The third-order valence-electron chi connectivity index (χ3n) is 6.78. The molecule has 3 spiro atoms. The highest BCUT2D eigenvalue weighted by Crippen LogP contribution is 2.86. The summed E-state index contributed by atoms with van der Waals surface area (Å²) >= 11 is 0. The van der Waals surface area contributed by atoms with Gasteiger partial charge in [0.15, 0.2) is 5.78 Å². The monoisotopic (exact) mass is 278 g/mol. The van der Waals surface area contributed by atoms with Crippen LogP contribution in [0.1, 0.15) is 26.7 Å². The summed E-state index contributed by atoms with van der Waals surface area (Å²) in [5.41, 5.74) is -1.34. The van der Waals surface area contributed by atoms with Gasteiger partial charge in [0, 0.05) is 5.41 Å². The summed E-state index contributed by atoms with van der Waals surface area (Å²) in [6.07, 6.45) is 1.10. The molecule has 8 atom stereocenters. The predicted octanol–water partition coefficient (Wildman–Crippen LogP) is -0.0577. The normalized spacial score (nSPS) is 65.7. The largest absolute Gasteiger partial charge is 0.392 e. The number of hydrogen-bond donors (Lipinski definition) is 2. The molecule has 2 heterocycles. The van der Waals surface area contributed by atoms with Crippen molar-refractivity contribution < 1.29 is 24.5 Å². The Morgan fingerprint density at radius 1 is 1.40 bits per heavy atom. The molecule has 4 fully saturated rings. The van der Waals surface area contributed by atoms with Crippen molar-refractivity contribution in [2.75, 3.05) is 0 Å². The van der Waals surface area contributed by atoms with Gasteiger partial charge in [-0.1, -0.05) is 0 Å². The molecule has 20 heavy (non-hydrogen) atoms. The molecule has 2 aliphatic heterocycles. The Bertz CT molecular complexity index is 585. The minimum atomic E-state index is -1.18. The molecule has 0 radical (unpaired) electrons. The van der Waals surface area contributed by atoms with E-state index < -0.39 is 28.6 Å². The van der Waals surface area contributed by atoms with Gasteiger partial charge in [0.2, 0.25) is 0 Å². The third-order valence-corrected chi connectivity index (χ3v) is 6.78. The summed E-state index contributed by atoms with van der Waals surface area (Å²) in [6.45, 7) is 3.69. The molecule has 5 heteroatoms. The van der Waals surface area contributed by atoms with Crippen LogP contribution < -0.4 is 0 Å². The zero-order valence-electron chi connectivity index (χ0n) is 11.5. The van der Waals surface area contributed by atoms with E-state index in [0.717, 1.165) is 12.8 Å². The number of aliphatic hydroxyl groups excluding tert-OH is 2. The third kappa shape index (κ3) is 0.783. The van der Waals surface area contributed by atoms with Crippen LogP contribution in [-0.2, 0) is 14.3 Å².